The zero-order chi connectivity index (χ0) is 20.7. The zero-order valence-electron chi connectivity index (χ0n) is 17.5. The number of hydrogen-bond donors (Lipinski definition) is 2. The van der Waals surface area contributed by atoms with Gasteiger partial charge in [-0.2, -0.15) is 4.98 Å². The van der Waals surface area contributed by atoms with Gasteiger partial charge in [-0.15, -0.1) is 6.67 Å². The summed E-state index contributed by atoms with van der Waals surface area (Å²) in [4.78, 5) is 20.1. The van der Waals surface area contributed by atoms with Crippen LogP contribution in [-0.2, 0) is 17.1 Å². The van der Waals surface area contributed by atoms with E-state index in [-0.39, 0.29) is 17.1 Å². The predicted molar refractivity (Wildman–Crippen MR) is 121 cm³/mol. The third-order valence-corrected chi connectivity index (χ3v) is 5.30. The van der Waals surface area contributed by atoms with Crippen molar-refractivity contribution in [2.24, 2.45) is 5.92 Å². The molecule has 1 fully saturated rings. The minimum Gasteiger partial charge on any atom is -0.498 e. The van der Waals surface area contributed by atoms with Gasteiger partial charge < -0.3 is 25.8 Å². The van der Waals surface area contributed by atoms with Gasteiger partial charge in [-0.1, -0.05) is 6.07 Å². The quantitative estimate of drug-likeness (QED) is 0.324. The van der Waals surface area contributed by atoms with Gasteiger partial charge in [0, 0.05) is 25.5 Å². The Hall–Kier alpha value is -3.03. The SMILES string of the molecule is CN(C)c1ccc(Nc2ncc3c(n2)N(c2cccc(N)c2)[CH-]N3CC2CC2)cn1.[Cu+]. The molecular weight excluding hydrogens is 440 g/mol. The van der Waals surface area contributed by atoms with Gasteiger partial charge in [0.25, 0.3) is 0 Å². The number of nitrogens with two attached hydrogens (primary N) is 1. The van der Waals surface area contributed by atoms with E-state index >= 15 is 0 Å². The Balaban J connectivity index is 0.00000231. The fourth-order valence-corrected chi connectivity index (χ4v) is 3.50. The minimum absolute atomic E-state index is 0. The fourth-order valence-electron chi connectivity index (χ4n) is 3.50. The van der Waals surface area contributed by atoms with Crippen LogP contribution in [0.1, 0.15) is 12.8 Å². The molecule has 2 aromatic heterocycles. The summed E-state index contributed by atoms with van der Waals surface area (Å²) in [7, 11) is 3.93. The molecule has 1 aromatic carbocycles. The molecule has 8 nitrogen and oxygen atoms in total. The van der Waals surface area contributed by atoms with Crippen LogP contribution < -0.4 is 25.8 Å². The van der Waals surface area contributed by atoms with Crippen molar-refractivity contribution >= 4 is 40.3 Å². The normalized spacial score (nSPS) is 14.8. The number of fused-ring (bicyclic) bond motifs is 1. The molecule has 1 aliphatic carbocycles. The second kappa shape index (κ2) is 8.61. The molecule has 3 heterocycles. The van der Waals surface area contributed by atoms with Crippen LogP contribution in [0, 0.1) is 12.6 Å². The molecule has 1 saturated carbocycles. The molecule has 0 unspecified atom stereocenters. The van der Waals surface area contributed by atoms with E-state index in [1.165, 1.54) is 12.8 Å². The van der Waals surface area contributed by atoms with Crippen LogP contribution >= 0.6 is 0 Å². The van der Waals surface area contributed by atoms with Crippen LogP contribution in [0.4, 0.5) is 40.3 Å². The van der Waals surface area contributed by atoms with Crippen molar-refractivity contribution in [2.45, 2.75) is 12.8 Å². The molecule has 1 aliphatic heterocycles. The number of nitrogen functional groups attached to an aromatic ring is 1. The summed E-state index contributed by atoms with van der Waals surface area (Å²) in [6.45, 7) is 3.08. The third kappa shape index (κ3) is 4.52. The summed E-state index contributed by atoms with van der Waals surface area (Å²) < 4.78 is 0. The van der Waals surface area contributed by atoms with Gasteiger partial charge in [0.05, 0.1) is 23.8 Å². The van der Waals surface area contributed by atoms with Crippen LogP contribution in [0.3, 0.4) is 0 Å². The molecule has 0 saturated heterocycles. The first-order valence-corrected chi connectivity index (χ1v) is 10.1. The largest absolute Gasteiger partial charge is 1.00 e. The minimum atomic E-state index is 0. The first-order valence-electron chi connectivity index (χ1n) is 10.1. The molecule has 31 heavy (non-hydrogen) atoms. The van der Waals surface area contributed by atoms with E-state index in [1.54, 1.807) is 6.20 Å². The molecule has 0 amide bonds. The number of nitrogens with zero attached hydrogens (tertiary/aromatic N) is 6. The van der Waals surface area contributed by atoms with Crippen molar-refractivity contribution in [1.82, 2.24) is 15.0 Å². The van der Waals surface area contributed by atoms with Crippen molar-refractivity contribution in [3.8, 4) is 0 Å². The molecule has 0 bridgehead atoms. The van der Waals surface area contributed by atoms with Gasteiger partial charge >= 0.3 is 17.1 Å². The standard InChI is InChI=1S/C22H25N8.Cu/c1-28(2)20-9-8-17(11-24-20)26-22-25-12-19-21(27-22)30(14-29(19)13-15-6-7-15)18-5-3-4-16(23)10-18;/h3-5,8-12,14-15H,6-7,13,23H2,1-2H3,(H,25,26,27);/q-1;+1. The summed E-state index contributed by atoms with van der Waals surface area (Å²) in [5.41, 5.74) is 9.59. The average Bonchev–Trinajstić information content (AvgIpc) is 3.48. The van der Waals surface area contributed by atoms with Crippen LogP contribution in [-0.4, -0.2) is 35.6 Å². The number of benzene rings is 1. The summed E-state index contributed by atoms with van der Waals surface area (Å²) >= 11 is 0. The van der Waals surface area contributed by atoms with Gasteiger partial charge in [0.15, 0.2) is 0 Å². The second-order valence-corrected chi connectivity index (χ2v) is 8.00. The van der Waals surface area contributed by atoms with Gasteiger partial charge in [-0.25, -0.2) is 9.97 Å². The molecule has 5 rings (SSSR count). The predicted octanol–water partition coefficient (Wildman–Crippen LogP) is 3.75. The molecule has 3 N–H and O–H groups in total. The summed E-state index contributed by atoms with van der Waals surface area (Å²) in [6, 6.07) is 11.8. The molecule has 0 radical (unpaired) electrons. The fraction of sp³-hybridized carbons (Fsp3) is 0.273. The average molecular weight is 465 g/mol. The van der Waals surface area contributed by atoms with E-state index in [0.29, 0.717) is 5.95 Å². The Morgan fingerprint density at radius 1 is 1.16 bits per heavy atom. The van der Waals surface area contributed by atoms with Gasteiger partial charge in [-0.05, 0) is 55.6 Å². The van der Waals surface area contributed by atoms with Crippen LogP contribution in [0.2, 0.25) is 0 Å². The summed E-state index contributed by atoms with van der Waals surface area (Å²) in [5, 5.41) is 3.26. The Morgan fingerprint density at radius 2 is 2.00 bits per heavy atom. The first kappa shape index (κ1) is 21.2. The Kier molecular flexibility index (Phi) is 5.89. The Morgan fingerprint density at radius 3 is 2.68 bits per heavy atom. The first-order chi connectivity index (χ1) is 14.6. The zero-order valence-corrected chi connectivity index (χ0v) is 18.4. The van der Waals surface area contributed by atoms with Crippen molar-refractivity contribution < 1.29 is 17.1 Å². The maximum absolute atomic E-state index is 6.03. The maximum Gasteiger partial charge on any atom is 1.00 e. The van der Waals surface area contributed by atoms with Crippen molar-refractivity contribution in [3.63, 3.8) is 0 Å². The van der Waals surface area contributed by atoms with E-state index in [4.69, 9.17) is 10.7 Å². The van der Waals surface area contributed by atoms with Gasteiger partial charge in [-0.3, -0.25) is 0 Å². The molecule has 164 valence electrons. The van der Waals surface area contributed by atoms with E-state index in [0.717, 1.165) is 46.8 Å². The molecule has 0 atom stereocenters. The number of hydrogen-bond acceptors (Lipinski definition) is 8. The van der Waals surface area contributed by atoms with Gasteiger partial charge in [0.2, 0.25) is 5.95 Å². The number of nitrogens with one attached hydrogen (secondary N) is 1. The Labute approximate surface area is 193 Å². The van der Waals surface area contributed by atoms with E-state index < -0.39 is 0 Å². The van der Waals surface area contributed by atoms with E-state index in [2.05, 4.69) is 31.8 Å². The smallest absolute Gasteiger partial charge is 0.498 e. The van der Waals surface area contributed by atoms with Crippen molar-refractivity contribution in [1.29, 1.82) is 0 Å². The monoisotopic (exact) mass is 464 g/mol. The molecule has 0 spiro atoms. The summed E-state index contributed by atoms with van der Waals surface area (Å²) in [6.07, 6.45) is 6.24. The number of rotatable bonds is 6. The molecular formula is C22H25CuN8. The third-order valence-electron chi connectivity index (χ3n) is 5.30. The number of anilines is 7. The van der Waals surface area contributed by atoms with Crippen LogP contribution in [0.25, 0.3) is 0 Å². The van der Waals surface area contributed by atoms with E-state index in [9.17, 15) is 0 Å². The molecule has 9 heteroatoms. The second-order valence-electron chi connectivity index (χ2n) is 8.00. The number of aromatic nitrogens is 3. The molecule has 2 aliphatic rings. The van der Waals surface area contributed by atoms with Crippen LogP contribution in [0.5, 0.6) is 0 Å². The summed E-state index contributed by atoms with van der Waals surface area (Å²) in [5.74, 6) is 3.02. The molecule has 3 aromatic rings. The number of pyridine rings is 1. The van der Waals surface area contributed by atoms with Crippen molar-refractivity contribution in [3.05, 3.63) is 55.5 Å². The van der Waals surface area contributed by atoms with E-state index in [1.807, 2.05) is 61.6 Å². The van der Waals surface area contributed by atoms with Crippen molar-refractivity contribution in [2.75, 3.05) is 46.4 Å². The maximum atomic E-state index is 6.03. The van der Waals surface area contributed by atoms with Crippen LogP contribution in [0.15, 0.2) is 48.8 Å². The topological polar surface area (TPSA) is 86.4 Å². The van der Waals surface area contributed by atoms with Gasteiger partial charge in [0.1, 0.15) is 11.6 Å². The Bertz CT molecular complexity index is 1050.